The number of benzene rings is 1. The predicted octanol–water partition coefficient (Wildman–Crippen LogP) is 3.87. The molecular weight excluding hydrogens is 426 g/mol. The lowest BCUT2D eigenvalue weighted by Crippen LogP contribution is -2.37. The van der Waals surface area contributed by atoms with Crippen LogP contribution in [-0.4, -0.2) is 46.5 Å². The highest BCUT2D eigenvalue weighted by atomic mass is 32.1. The van der Waals surface area contributed by atoms with Crippen LogP contribution in [0.15, 0.2) is 40.8 Å². The summed E-state index contributed by atoms with van der Waals surface area (Å²) in [4.78, 5) is 44.3. The highest BCUT2D eigenvalue weighted by molar-refractivity contribution is 7.17. The van der Waals surface area contributed by atoms with Crippen molar-refractivity contribution in [2.75, 3.05) is 20.2 Å². The molecule has 3 rings (SSSR count). The van der Waals surface area contributed by atoms with Gasteiger partial charge in [-0.15, -0.1) is 11.3 Å². The maximum atomic E-state index is 13.2. The van der Waals surface area contributed by atoms with Crippen molar-refractivity contribution in [2.24, 2.45) is 5.92 Å². The lowest BCUT2D eigenvalue weighted by molar-refractivity contribution is -0.142. The molecule has 0 spiro atoms. The number of carbonyl (C=O) groups excluding carboxylic acids is 2. The SMILES string of the molecule is COC(=O)CCN(CC(C)C)C(=O)CCn1cnc2scc(-c3ccc(C)cc3)c2c1=O. The van der Waals surface area contributed by atoms with E-state index in [1.165, 1.54) is 29.3 Å². The molecule has 170 valence electrons. The fraction of sp³-hybridized carbons (Fsp3) is 0.417. The average Bonchev–Trinajstić information content (AvgIpc) is 3.21. The number of aromatic nitrogens is 2. The number of amides is 1. The molecule has 0 radical (unpaired) electrons. The van der Waals surface area contributed by atoms with E-state index in [9.17, 15) is 14.4 Å². The van der Waals surface area contributed by atoms with E-state index in [0.29, 0.717) is 23.3 Å². The van der Waals surface area contributed by atoms with Crippen molar-refractivity contribution in [3.63, 3.8) is 0 Å². The lowest BCUT2D eigenvalue weighted by atomic mass is 10.1. The number of hydrogen-bond acceptors (Lipinski definition) is 6. The van der Waals surface area contributed by atoms with Gasteiger partial charge in [0.05, 0.1) is 25.2 Å². The van der Waals surface area contributed by atoms with Crippen molar-refractivity contribution in [3.05, 3.63) is 51.9 Å². The van der Waals surface area contributed by atoms with Crippen LogP contribution in [0.3, 0.4) is 0 Å². The van der Waals surface area contributed by atoms with Crippen molar-refractivity contribution in [1.29, 1.82) is 0 Å². The monoisotopic (exact) mass is 455 g/mol. The summed E-state index contributed by atoms with van der Waals surface area (Å²) in [6.45, 7) is 7.14. The van der Waals surface area contributed by atoms with Gasteiger partial charge in [0.1, 0.15) is 4.83 Å². The topological polar surface area (TPSA) is 81.5 Å². The second-order valence-corrected chi connectivity index (χ2v) is 9.11. The van der Waals surface area contributed by atoms with Crippen LogP contribution in [0.25, 0.3) is 21.3 Å². The van der Waals surface area contributed by atoms with E-state index in [4.69, 9.17) is 0 Å². The first-order valence-electron chi connectivity index (χ1n) is 10.7. The molecule has 0 N–H and O–H groups in total. The zero-order valence-corrected chi connectivity index (χ0v) is 19.8. The van der Waals surface area contributed by atoms with Gasteiger partial charge in [-0.3, -0.25) is 19.0 Å². The number of aryl methyl sites for hydroxylation is 2. The first-order chi connectivity index (χ1) is 15.3. The minimum Gasteiger partial charge on any atom is -0.469 e. The van der Waals surface area contributed by atoms with E-state index in [0.717, 1.165) is 16.7 Å². The molecule has 0 unspecified atom stereocenters. The molecule has 1 amide bonds. The average molecular weight is 456 g/mol. The highest BCUT2D eigenvalue weighted by Gasteiger charge is 2.18. The minimum absolute atomic E-state index is 0.0984. The van der Waals surface area contributed by atoms with E-state index >= 15 is 0 Å². The molecule has 7 nitrogen and oxygen atoms in total. The standard InChI is InChI=1S/C24H29N3O4S/c1-16(2)13-26(12-10-21(29)31-4)20(28)9-11-27-15-25-23-22(24(27)30)19(14-32-23)18-7-5-17(3)6-8-18/h5-8,14-16H,9-13H2,1-4H3. The second kappa shape index (κ2) is 10.5. The Hall–Kier alpha value is -3.00. The zero-order valence-electron chi connectivity index (χ0n) is 19.0. The van der Waals surface area contributed by atoms with Gasteiger partial charge in [-0.2, -0.15) is 0 Å². The van der Waals surface area contributed by atoms with Crippen LogP contribution in [0.4, 0.5) is 0 Å². The molecular formula is C24H29N3O4S. The Labute approximate surface area is 191 Å². The number of carbonyl (C=O) groups is 2. The number of esters is 1. The van der Waals surface area contributed by atoms with E-state index in [-0.39, 0.29) is 42.7 Å². The molecule has 32 heavy (non-hydrogen) atoms. The molecule has 0 fully saturated rings. The van der Waals surface area contributed by atoms with Gasteiger partial charge in [0.15, 0.2) is 0 Å². The third kappa shape index (κ3) is 5.62. The van der Waals surface area contributed by atoms with E-state index < -0.39 is 0 Å². The summed E-state index contributed by atoms with van der Waals surface area (Å²) in [6, 6.07) is 8.04. The Morgan fingerprint density at radius 2 is 1.91 bits per heavy atom. The van der Waals surface area contributed by atoms with Gasteiger partial charge in [0.25, 0.3) is 5.56 Å². The fourth-order valence-corrected chi connectivity index (χ4v) is 4.44. The summed E-state index contributed by atoms with van der Waals surface area (Å²) in [5.41, 5.74) is 2.84. The lowest BCUT2D eigenvalue weighted by Gasteiger charge is -2.24. The molecule has 0 aliphatic rings. The summed E-state index contributed by atoms with van der Waals surface area (Å²) >= 11 is 1.44. The van der Waals surface area contributed by atoms with Gasteiger partial charge in [-0.1, -0.05) is 43.7 Å². The van der Waals surface area contributed by atoms with Gasteiger partial charge in [0.2, 0.25) is 5.91 Å². The molecule has 2 aromatic heterocycles. The summed E-state index contributed by atoms with van der Waals surface area (Å²) in [5, 5.41) is 2.54. The molecule has 0 bridgehead atoms. The van der Waals surface area contributed by atoms with Gasteiger partial charge >= 0.3 is 5.97 Å². The van der Waals surface area contributed by atoms with Crippen LogP contribution in [0.5, 0.6) is 0 Å². The van der Waals surface area contributed by atoms with Crippen molar-refractivity contribution < 1.29 is 14.3 Å². The third-order valence-corrected chi connectivity index (χ3v) is 6.13. The quantitative estimate of drug-likeness (QED) is 0.458. The molecule has 8 heteroatoms. The second-order valence-electron chi connectivity index (χ2n) is 8.25. The number of rotatable bonds is 9. The van der Waals surface area contributed by atoms with E-state index in [2.05, 4.69) is 9.72 Å². The first kappa shape index (κ1) is 23.7. The summed E-state index contributed by atoms with van der Waals surface area (Å²) in [5.74, 6) is -0.183. The normalized spacial score (nSPS) is 11.2. The number of fused-ring (bicyclic) bond motifs is 1. The van der Waals surface area contributed by atoms with Crippen LogP contribution in [0.1, 0.15) is 32.3 Å². The number of nitrogens with zero attached hydrogens (tertiary/aromatic N) is 3. The molecule has 0 saturated carbocycles. The molecule has 2 heterocycles. The number of ether oxygens (including phenoxy) is 1. The van der Waals surface area contributed by atoms with Crippen LogP contribution in [0.2, 0.25) is 0 Å². The van der Waals surface area contributed by atoms with E-state index in [1.54, 1.807) is 4.90 Å². The van der Waals surface area contributed by atoms with Gasteiger partial charge in [-0.05, 0) is 18.4 Å². The Bertz CT molecular complexity index is 1150. The molecule has 0 aliphatic carbocycles. The maximum absolute atomic E-state index is 13.2. The Kier molecular flexibility index (Phi) is 7.80. The third-order valence-electron chi connectivity index (χ3n) is 5.24. The number of methoxy groups -OCH3 is 1. The first-order valence-corrected chi connectivity index (χ1v) is 11.6. The number of thiophene rings is 1. The number of hydrogen-bond donors (Lipinski definition) is 0. The summed E-state index contributed by atoms with van der Waals surface area (Å²) < 4.78 is 6.19. The van der Waals surface area contributed by atoms with Crippen molar-refractivity contribution in [3.8, 4) is 11.1 Å². The fourth-order valence-electron chi connectivity index (χ4n) is 3.53. The van der Waals surface area contributed by atoms with Crippen LogP contribution < -0.4 is 5.56 Å². The van der Waals surface area contributed by atoms with Crippen LogP contribution in [-0.2, 0) is 20.9 Å². The van der Waals surface area contributed by atoms with Crippen molar-refractivity contribution >= 4 is 33.4 Å². The molecule has 0 saturated heterocycles. The van der Waals surface area contributed by atoms with Gasteiger partial charge in [0, 0.05) is 37.0 Å². The Balaban J connectivity index is 1.79. The van der Waals surface area contributed by atoms with Gasteiger partial charge < -0.3 is 9.64 Å². The smallest absolute Gasteiger partial charge is 0.307 e. The van der Waals surface area contributed by atoms with Crippen LogP contribution in [0, 0.1) is 12.8 Å². The molecule has 1 aromatic carbocycles. The largest absolute Gasteiger partial charge is 0.469 e. The van der Waals surface area contributed by atoms with Crippen LogP contribution >= 0.6 is 11.3 Å². The van der Waals surface area contributed by atoms with Crippen molar-refractivity contribution in [2.45, 2.75) is 40.2 Å². The Morgan fingerprint density at radius 1 is 1.19 bits per heavy atom. The zero-order chi connectivity index (χ0) is 23.3. The van der Waals surface area contributed by atoms with E-state index in [1.807, 2.05) is 50.4 Å². The van der Waals surface area contributed by atoms with Crippen molar-refractivity contribution in [1.82, 2.24) is 14.5 Å². The Morgan fingerprint density at radius 3 is 2.56 bits per heavy atom. The highest BCUT2D eigenvalue weighted by Crippen LogP contribution is 2.30. The molecule has 0 aliphatic heterocycles. The molecule has 3 aromatic rings. The minimum atomic E-state index is -0.349. The maximum Gasteiger partial charge on any atom is 0.307 e. The van der Waals surface area contributed by atoms with Gasteiger partial charge in [-0.25, -0.2) is 4.98 Å². The summed E-state index contributed by atoms with van der Waals surface area (Å²) in [7, 11) is 1.34. The summed E-state index contributed by atoms with van der Waals surface area (Å²) in [6.07, 6.45) is 1.82. The predicted molar refractivity (Wildman–Crippen MR) is 127 cm³/mol. The molecule has 0 atom stereocenters.